The van der Waals surface area contributed by atoms with Crippen molar-refractivity contribution in [3.8, 4) is 0 Å². The van der Waals surface area contributed by atoms with Crippen LogP contribution in [-0.4, -0.2) is 35.7 Å². The summed E-state index contributed by atoms with van der Waals surface area (Å²) in [4.78, 5) is 2.64. The number of nitrogens with zero attached hydrogens (tertiary/aromatic N) is 1. The highest BCUT2D eigenvalue weighted by molar-refractivity contribution is 4.87. The van der Waals surface area contributed by atoms with Gasteiger partial charge in [0.15, 0.2) is 0 Å². The first-order chi connectivity index (χ1) is 9.37. The molecule has 1 aliphatic heterocycles. The predicted molar refractivity (Wildman–Crippen MR) is 85.7 cm³/mol. The topological polar surface area (TPSA) is 23.5 Å². The Labute approximate surface area is 125 Å². The van der Waals surface area contributed by atoms with Crippen molar-refractivity contribution in [2.24, 2.45) is 23.2 Å². The number of aliphatic hydroxyl groups excluding tert-OH is 1. The third kappa shape index (κ3) is 4.46. The minimum absolute atomic E-state index is 0.0628. The van der Waals surface area contributed by atoms with Crippen LogP contribution in [0.3, 0.4) is 0 Å². The number of hydrogen-bond donors (Lipinski definition) is 1. The Morgan fingerprint density at radius 3 is 2.60 bits per heavy atom. The van der Waals surface area contributed by atoms with Crippen molar-refractivity contribution in [3.63, 3.8) is 0 Å². The zero-order chi connectivity index (χ0) is 14.8. The lowest BCUT2D eigenvalue weighted by Crippen LogP contribution is -2.41. The normalized spacial score (nSPS) is 36.0. The van der Waals surface area contributed by atoms with E-state index in [-0.39, 0.29) is 6.10 Å². The molecule has 2 fully saturated rings. The minimum Gasteiger partial charge on any atom is -0.393 e. The van der Waals surface area contributed by atoms with E-state index in [9.17, 15) is 5.11 Å². The molecule has 2 rings (SSSR count). The highest BCUT2D eigenvalue weighted by atomic mass is 16.3. The molecule has 20 heavy (non-hydrogen) atoms. The van der Waals surface area contributed by atoms with Gasteiger partial charge in [0, 0.05) is 6.54 Å². The first kappa shape index (κ1) is 16.3. The first-order valence-electron chi connectivity index (χ1n) is 8.78. The summed E-state index contributed by atoms with van der Waals surface area (Å²) in [5, 5.41) is 10.3. The molecule has 2 nitrogen and oxygen atoms in total. The monoisotopic (exact) mass is 281 g/mol. The van der Waals surface area contributed by atoms with Gasteiger partial charge in [0.2, 0.25) is 0 Å². The Bertz CT molecular complexity index is 300. The number of aliphatic hydroxyl groups is 1. The van der Waals surface area contributed by atoms with Crippen molar-refractivity contribution >= 4 is 0 Å². The lowest BCUT2D eigenvalue weighted by Gasteiger charge is -2.40. The molecule has 0 spiro atoms. The Kier molecular flexibility index (Phi) is 5.53. The molecule has 0 bridgehead atoms. The minimum atomic E-state index is -0.0628. The van der Waals surface area contributed by atoms with Gasteiger partial charge in [0.25, 0.3) is 0 Å². The fraction of sp³-hybridized carbons (Fsp3) is 1.00. The lowest BCUT2D eigenvalue weighted by molar-refractivity contribution is 0.00448. The molecule has 1 saturated heterocycles. The molecule has 2 heteroatoms. The predicted octanol–water partition coefficient (Wildman–Crippen LogP) is 3.93. The van der Waals surface area contributed by atoms with E-state index in [1.54, 1.807) is 0 Å². The molecule has 1 saturated carbocycles. The van der Waals surface area contributed by atoms with Gasteiger partial charge in [-0.25, -0.2) is 0 Å². The lowest BCUT2D eigenvalue weighted by atomic mass is 9.70. The fourth-order valence-electron chi connectivity index (χ4n) is 4.27. The van der Waals surface area contributed by atoms with Gasteiger partial charge in [-0.2, -0.15) is 0 Å². The quantitative estimate of drug-likeness (QED) is 0.847. The molecule has 0 aromatic rings. The van der Waals surface area contributed by atoms with E-state index in [2.05, 4.69) is 32.6 Å². The van der Waals surface area contributed by atoms with Crippen LogP contribution in [0.5, 0.6) is 0 Å². The Balaban J connectivity index is 1.86. The van der Waals surface area contributed by atoms with Crippen LogP contribution in [-0.2, 0) is 0 Å². The van der Waals surface area contributed by atoms with Gasteiger partial charge in [-0.1, -0.05) is 27.7 Å². The zero-order valence-corrected chi connectivity index (χ0v) is 14.1. The van der Waals surface area contributed by atoms with Crippen LogP contribution in [0.1, 0.15) is 66.2 Å². The van der Waals surface area contributed by atoms with E-state index in [0.717, 1.165) is 24.8 Å². The summed E-state index contributed by atoms with van der Waals surface area (Å²) >= 11 is 0. The van der Waals surface area contributed by atoms with Gasteiger partial charge >= 0.3 is 0 Å². The van der Waals surface area contributed by atoms with Crippen molar-refractivity contribution in [1.29, 1.82) is 0 Å². The second kappa shape index (κ2) is 6.79. The van der Waals surface area contributed by atoms with Crippen LogP contribution in [0.25, 0.3) is 0 Å². The maximum Gasteiger partial charge on any atom is 0.0581 e. The van der Waals surface area contributed by atoms with Crippen LogP contribution >= 0.6 is 0 Å². The average molecular weight is 281 g/mol. The van der Waals surface area contributed by atoms with Gasteiger partial charge < -0.3 is 10.0 Å². The van der Waals surface area contributed by atoms with Crippen LogP contribution in [0.4, 0.5) is 0 Å². The van der Waals surface area contributed by atoms with Gasteiger partial charge in [-0.15, -0.1) is 0 Å². The van der Waals surface area contributed by atoms with Crippen LogP contribution in [0, 0.1) is 23.2 Å². The Hall–Kier alpha value is -0.0800. The Morgan fingerprint density at radius 1 is 1.15 bits per heavy atom. The molecule has 1 heterocycles. The van der Waals surface area contributed by atoms with Crippen LogP contribution in [0.2, 0.25) is 0 Å². The van der Waals surface area contributed by atoms with Crippen LogP contribution < -0.4 is 0 Å². The SMILES string of the molecule is CC(C)C1CCCN(CC2CC(C)(C)CCC2O)CC1. The first-order valence-corrected chi connectivity index (χ1v) is 8.78. The average Bonchev–Trinajstić information content (AvgIpc) is 2.59. The van der Waals surface area contributed by atoms with Crippen molar-refractivity contribution in [1.82, 2.24) is 4.90 Å². The number of likely N-dealkylation sites (tertiary alicyclic amines) is 1. The molecule has 1 aliphatic carbocycles. The molecule has 3 atom stereocenters. The summed E-state index contributed by atoms with van der Waals surface area (Å²) in [6.45, 7) is 13.1. The highest BCUT2D eigenvalue weighted by Gasteiger charge is 2.35. The largest absolute Gasteiger partial charge is 0.393 e. The standard InChI is InChI=1S/C18H35NO/c1-14(2)15-6-5-10-19(11-8-15)13-16-12-18(3,4)9-7-17(16)20/h14-17,20H,5-13H2,1-4H3. The van der Waals surface area contributed by atoms with Gasteiger partial charge in [0.05, 0.1) is 6.10 Å². The fourth-order valence-corrected chi connectivity index (χ4v) is 4.27. The molecule has 0 aromatic carbocycles. The molecular weight excluding hydrogens is 246 g/mol. The smallest absolute Gasteiger partial charge is 0.0581 e. The van der Waals surface area contributed by atoms with Crippen molar-refractivity contribution in [2.45, 2.75) is 72.3 Å². The maximum atomic E-state index is 10.3. The van der Waals surface area contributed by atoms with E-state index in [4.69, 9.17) is 0 Å². The van der Waals surface area contributed by atoms with Crippen molar-refractivity contribution in [3.05, 3.63) is 0 Å². The molecular formula is C18H35NO. The van der Waals surface area contributed by atoms with E-state index in [1.165, 1.54) is 45.2 Å². The summed E-state index contributed by atoms with van der Waals surface area (Å²) in [5.74, 6) is 2.23. The van der Waals surface area contributed by atoms with Crippen LogP contribution in [0.15, 0.2) is 0 Å². The third-order valence-electron chi connectivity index (χ3n) is 5.78. The Morgan fingerprint density at radius 2 is 1.90 bits per heavy atom. The molecule has 0 radical (unpaired) electrons. The second-order valence-electron chi connectivity index (χ2n) is 8.47. The summed E-state index contributed by atoms with van der Waals surface area (Å²) in [7, 11) is 0. The van der Waals surface area contributed by atoms with Gasteiger partial charge in [-0.3, -0.25) is 0 Å². The van der Waals surface area contributed by atoms with Gasteiger partial charge in [0.1, 0.15) is 0 Å². The molecule has 0 amide bonds. The molecule has 2 aliphatic rings. The van der Waals surface area contributed by atoms with E-state index in [0.29, 0.717) is 11.3 Å². The van der Waals surface area contributed by atoms with E-state index < -0.39 is 0 Å². The molecule has 3 unspecified atom stereocenters. The van der Waals surface area contributed by atoms with Crippen molar-refractivity contribution < 1.29 is 5.11 Å². The van der Waals surface area contributed by atoms with Gasteiger partial charge in [-0.05, 0) is 74.8 Å². The van der Waals surface area contributed by atoms with E-state index in [1.807, 2.05) is 0 Å². The highest BCUT2D eigenvalue weighted by Crippen LogP contribution is 2.39. The molecule has 0 aromatic heterocycles. The summed E-state index contributed by atoms with van der Waals surface area (Å²) < 4.78 is 0. The second-order valence-corrected chi connectivity index (χ2v) is 8.47. The molecule has 118 valence electrons. The number of hydrogen-bond acceptors (Lipinski definition) is 2. The molecule has 1 N–H and O–H groups in total. The summed E-state index contributed by atoms with van der Waals surface area (Å²) in [6, 6.07) is 0. The zero-order valence-electron chi connectivity index (χ0n) is 14.1. The van der Waals surface area contributed by atoms with Crippen molar-refractivity contribution in [2.75, 3.05) is 19.6 Å². The third-order valence-corrected chi connectivity index (χ3v) is 5.78. The van der Waals surface area contributed by atoms with E-state index >= 15 is 0 Å². The summed E-state index contributed by atoms with van der Waals surface area (Å²) in [5.41, 5.74) is 0.427. The maximum absolute atomic E-state index is 10.3. The summed E-state index contributed by atoms with van der Waals surface area (Å²) in [6.07, 6.45) is 7.40. The number of rotatable bonds is 3.